The van der Waals surface area contributed by atoms with Crippen molar-refractivity contribution in [3.63, 3.8) is 0 Å². The van der Waals surface area contributed by atoms with Crippen molar-refractivity contribution in [2.24, 2.45) is 18.1 Å². The first kappa shape index (κ1) is 33.0. The Morgan fingerprint density at radius 3 is 0.705 bits per heavy atom. The monoisotopic (exact) mass is 664 g/mol. The lowest BCUT2D eigenvalue weighted by Crippen LogP contribution is -2.27. The molecule has 0 aromatic heterocycles. The van der Waals surface area contributed by atoms with Crippen molar-refractivity contribution >= 4 is 50.6 Å². The highest BCUT2D eigenvalue weighted by Gasteiger charge is 2.43. The van der Waals surface area contributed by atoms with E-state index in [1.165, 1.54) is 0 Å². The molecule has 0 spiro atoms. The normalized spacial score (nSPS) is 18.5. The Kier molecular flexibility index (Phi) is 9.88. The van der Waals surface area contributed by atoms with Crippen molar-refractivity contribution in [2.75, 3.05) is 56.4 Å². The van der Waals surface area contributed by atoms with Crippen LogP contribution in [0.4, 0.5) is 0 Å². The van der Waals surface area contributed by atoms with E-state index in [0.29, 0.717) is 0 Å². The quantitative estimate of drug-likeness (QED) is 0.182. The van der Waals surface area contributed by atoms with Crippen LogP contribution in [0.1, 0.15) is 0 Å². The summed E-state index contributed by atoms with van der Waals surface area (Å²) in [5.74, 6) is 0. The van der Waals surface area contributed by atoms with E-state index in [2.05, 4.69) is 196 Å². The molecule has 0 amide bonds. The molecule has 0 bridgehead atoms. The Morgan fingerprint density at radius 1 is 0.318 bits per heavy atom. The molecule has 0 radical (unpaired) electrons. The van der Waals surface area contributed by atoms with Gasteiger partial charge in [0.1, 0.15) is 14.4 Å². The molecule has 0 aliphatic carbocycles. The minimum atomic E-state index is -2.85. The third kappa shape index (κ3) is 5.73. The van der Waals surface area contributed by atoms with Crippen LogP contribution in [0.5, 0.6) is 0 Å². The summed E-state index contributed by atoms with van der Waals surface area (Å²) in [7, 11) is 5.53. The maximum atomic E-state index is 6.13. The van der Waals surface area contributed by atoms with Gasteiger partial charge in [-0.3, -0.25) is 0 Å². The predicted molar refractivity (Wildman–Crippen MR) is 196 cm³/mol. The summed E-state index contributed by atoms with van der Waals surface area (Å²) >= 11 is 0. The van der Waals surface area contributed by atoms with Gasteiger partial charge in [0.2, 0.25) is 15.0 Å². The molecule has 5 rings (SSSR count). The van der Waals surface area contributed by atoms with Crippen molar-refractivity contribution in [1.29, 1.82) is 0 Å². The highest BCUT2D eigenvalue weighted by Crippen LogP contribution is 2.79. The predicted octanol–water partition coefficient (Wildman–Crippen LogP) is 7.67. The molecule has 8 nitrogen and oxygen atoms in total. The molecule has 0 fully saturated rings. The van der Waals surface area contributed by atoms with Crippen LogP contribution in [-0.4, -0.2) is 75.1 Å². The summed E-state index contributed by atoms with van der Waals surface area (Å²) in [5.41, 5.74) is 0. The number of nitrogens with zero attached hydrogens (tertiary/aromatic N) is 8. The van der Waals surface area contributed by atoms with Crippen LogP contribution in [-0.2, 0) is 0 Å². The minimum Gasteiger partial charge on any atom is -0.246 e. The molecule has 232 valence electrons. The van der Waals surface area contributed by atoms with Gasteiger partial charge in [-0.25, -0.2) is 36.7 Å². The highest BCUT2D eigenvalue weighted by atomic mass is 31.3. The maximum absolute atomic E-state index is 6.13. The molecule has 1 aliphatic heterocycles. The van der Waals surface area contributed by atoms with Crippen LogP contribution >= 0.6 is 29.4 Å². The molecule has 1 aliphatic rings. The molecule has 0 N–H and O–H groups in total. The summed E-state index contributed by atoms with van der Waals surface area (Å²) in [6.07, 6.45) is 0. The van der Waals surface area contributed by atoms with Gasteiger partial charge >= 0.3 is 0 Å². The second-order valence-corrected chi connectivity index (χ2v) is 24.0. The van der Waals surface area contributed by atoms with Gasteiger partial charge in [0.05, 0.1) is 0 Å². The Hall–Kier alpha value is -2.36. The first-order valence-electron chi connectivity index (χ1n) is 14.5. The van der Waals surface area contributed by atoms with Gasteiger partial charge in [0.25, 0.3) is 0 Å². The van der Waals surface area contributed by atoms with E-state index in [1.54, 1.807) is 0 Å². The highest BCUT2D eigenvalue weighted by molar-refractivity contribution is 7.93. The average Bonchev–Trinajstić information content (AvgIpc) is 3.03. The Balaban J connectivity index is 2.19. The van der Waals surface area contributed by atoms with E-state index >= 15 is 0 Å². The number of hydrogen-bond acceptors (Lipinski definition) is 8. The number of hydrogen-bond donors (Lipinski definition) is 0. The third-order valence-corrected chi connectivity index (χ3v) is 24.0. The standard InChI is InChI=1S/C32H44N8P4/c1-37(2)43(38(3)4)33-41(29-21-13-9-14-22-29,30-23-15-10-16-24-30)35-44(39(5)6,40(7)8)36-42(34-43,31-25-17-11-18-26-31)32-27-19-12-20-28-32/h9-28H,1-8H3. The fraction of sp³-hybridized carbons (Fsp3) is 0.250. The molecule has 0 saturated carbocycles. The zero-order chi connectivity index (χ0) is 31.6. The summed E-state index contributed by atoms with van der Waals surface area (Å²) in [6.45, 7) is 0. The van der Waals surface area contributed by atoms with Gasteiger partial charge in [0, 0.05) is 21.2 Å². The Bertz CT molecular complexity index is 1560. The molecular formula is C32H44N8P4. The minimum absolute atomic E-state index is 1.10. The molecule has 44 heavy (non-hydrogen) atoms. The molecule has 0 unspecified atom stereocenters. The summed E-state index contributed by atoms with van der Waals surface area (Å²) in [4.78, 5) is 0. The fourth-order valence-corrected chi connectivity index (χ4v) is 25.6. The SMILES string of the molecule is CN(C)P1(N(C)C)=NP(c2ccccc2)(c2ccccc2)=NP(N(C)C)(N(C)C)=NP(c2ccccc2)(c2ccccc2)=N1. The number of rotatable bonds is 8. The van der Waals surface area contributed by atoms with E-state index < -0.39 is 29.4 Å². The van der Waals surface area contributed by atoms with Crippen LogP contribution < -0.4 is 21.2 Å². The van der Waals surface area contributed by atoms with E-state index in [0.717, 1.165) is 21.2 Å². The molecule has 4 aromatic carbocycles. The van der Waals surface area contributed by atoms with Gasteiger partial charge in [0.15, 0.2) is 0 Å². The van der Waals surface area contributed by atoms with Gasteiger partial charge < -0.3 is 0 Å². The molecule has 0 saturated heterocycles. The van der Waals surface area contributed by atoms with Gasteiger partial charge in [-0.15, -0.1) is 0 Å². The molecule has 4 aromatic rings. The maximum Gasteiger partial charge on any atom is 0.217 e. The van der Waals surface area contributed by atoms with Crippen LogP contribution in [0, 0.1) is 0 Å². The van der Waals surface area contributed by atoms with E-state index in [9.17, 15) is 0 Å². The van der Waals surface area contributed by atoms with Crippen molar-refractivity contribution in [3.8, 4) is 0 Å². The lowest BCUT2D eigenvalue weighted by atomic mass is 10.4. The fourth-order valence-electron chi connectivity index (χ4n) is 5.38. The third-order valence-electron chi connectivity index (χ3n) is 7.61. The van der Waals surface area contributed by atoms with Gasteiger partial charge in [-0.05, 0) is 56.4 Å². The van der Waals surface area contributed by atoms with Crippen LogP contribution in [0.3, 0.4) is 0 Å². The van der Waals surface area contributed by atoms with E-state index in [1.807, 2.05) is 0 Å². The Labute approximate surface area is 264 Å². The van der Waals surface area contributed by atoms with Crippen molar-refractivity contribution in [2.45, 2.75) is 0 Å². The smallest absolute Gasteiger partial charge is 0.217 e. The van der Waals surface area contributed by atoms with Crippen LogP contribution in [0.15, 0.2) is 139 Å². The molecule has 12 heteroatoms. The molecular weight excluding hydrogens is 620 g/mol. The van der Waals surface area contributed by atoms with E-state index in [-0.39, 0.29) is 0 Å². The molecule has 0 atom stereocenters. The van der Waals surface area contributed by atoms with Crippen LogP contribution in [0.2, 0.25) is 0 Å². The first-order valence-corrected chi connectivity index (χ1v) is 21.1. The first-order chi connectivity index (χ1) is 21.0. The van der Waals surface area contributed by atoms with Crippen molar-refractivity contribution in [3.05, 3.63) is 121 Å². The van der Waals surface area contributed by atoms with Gasteiger partial charge in [-0.2, -0.15) is 0 Å². The lowest BCUT2D eigenvalue weighted by molar-refractivity contribution is 0.560. The largest absolute Gasteiger partial charge is 0.246 e. The number of benzene rings is 4. The zero-order valence-corrected chi connectivity index (χ0v) is 30.5. The summed E-state index contributed by atoms with van der Waals surface area (Å²) in [6, 6.07) is 42.5. The van der Waals surface area contributed by atoms with Gasteiger partial charge in [-0.1, -0.05) is 121 Å². The topological polar surface area (TPSA) is 62.4 Å². The van der Waals surface area contributed by atoms with E-state index in [4.69, 9.17) is 18.1 Å². The second-order valence-electron chi connectivity index (χ2n) is 11.4. The lowest BCUT2D eigenvalue weighted by Gasteiger charge is -2.43. The second kappa shape index (κ2) is 13.2. The van der Waals surface area contributed by atoms with Crippen molar-refractivity contribution in [1.82, 2.24) is 18.7 Å². The zero-order valence-electron chi connectivity index (χ0n) is 26.9. The average molecular weight is 665 g/mol. The van der Waals surface area contributed by atoms with Crippen molar-refractivity contribution < 1.29 is 0 Å². The summed E-state index contributed by atoms with van der Waals surface area (Å²) < 4.78 is 33.4. The van der Waals surface area contributed by atoms with Crippen LogP contribution in [0.25, 0.3) is 0 Å². The summed E-state index contributed by atoms with van der Waals surface area (Å²) in [5, 5.41) is 4.40. The Morgan fingerprint density at radius 2 is 0.523 bits per heavy atom. The molecule has 1 heterocycles.